The Kier molecular flexibility index (Phi) is 2.89. The lowest BCUT2D eigenvalue weighted by Gasteiger charge is -2.11. The van der Waals surface area contributed by atoms with Gasteiger partial charge in [-0.2, -0.15) is 0 Å². The Morgan fingerprint density at radius 1 is 1.29 bits per heavy atom. The number of ketones is 1. The van der Waals surface area contributed by atoms with Crippen LogP contribution in [0.25, 0.3) is 0 Å². The van der Waals surface area contributed by atoms with Gasteiger partial charge in [0.05, 0.1) is 4.88 Å². The maximum Gasteiger partial charge on any atom is 0.204 e. The molecule has 3 heteroatoms. The van der Waals surface area contributed by atoms with Crippen molar-refractivity contribution >= 4 is 28.5 Å². The van der Waals surface area contributed by atoms with Gasteiger partial charge in [-0.05, 0) is 49.6 Å². The maximum absolute atomic E-state index is 12.5. The standard InChI is InChI=1S/C14H14OS2/c1-9-13(14(15)12-7-4-8-16-12)10-5-2-3-6-11(10)17-9/h4,7-8H,2-3,5-6H2,1H3. The molecule has 0 aliphatic heterocycles. The molecule has 0 radical (unpaired) electrons. The summed E-state index contributed by atoms with van der Waals surface area (Å²) in [6.07, 6.45) is 4.76. The first-order chi connectivity index (χ1) is 8.27. The summed E-state index contributed by atoms with van der Waals surface area (Å²) in [5.74, 6) is 0.233. The second kappa shape index (κ2) is 4.39. The molecule has 1 aliphatic rings. The van der Waals surface area contributed by atoms with Crippen molar-refractivity contribution in [2.45, 2.75) is 32.6 Å². The van der Waals surface area contributed by atoms with Crippen LogP contribution in [0.5, 0.6) is 0 Å². The summed E-state index contributed by atoms with van der Waals surface area (Å²) >= 11 is 3.37. The van der Waals surface area contributed by atoms with Crippen molar-refractivity contribution in [1.29, 1.82) is 0 Å². The zero-order valence-electron chi connectivity index (χ0n) is 9.79. The van der Waals surface area contributed by atoms with Crippen molar-refractivity contribution in [1.82, 2.24) is 0 Å². The molecule has 0 aromatic carbocycles. The van der Waals surface area contributed by atoms with E-state index in [0.29, 0.717) is 0 Å². The van der Waals surface area contributed by atoms with Crippen molar-refractivity contribution in [3.8, 4) is 0 Å². The highest BCUT2D eigenvalue weighted by Gasteiger charge is 2.24. The van der Waals surface area contributed by atoms with Crippen LogP contribution in [-0.2, 0) is 12.8 Å². The highest BCUT2D eigenvalue weighted by Crippen LogP contribution is 2.35. The van der Waals surface area contributed by atoms with Gasteiger partial charge >= 0.3 is 0 Å². The van der Waals surface area contributed by atoms with Crippen LogP contribution in [0.15, 0.2) is 17.5 Å². The minimum atomic E-state index is 0.233. The zero-order chi connectivity index (χ0) is 11.8. The van der Waals surface area contributed by atoms with Crippen LogP contribution < -0.4 is 0 Å². The molecular formula is C14H14OS2. The van der Waals surface area contributed by atoms with Crippen molar-refractivity contribution in [3.63, 3.8) is 0 Å². The Labute approximate surface area is 109 Å². The first-order valence-electron chi connectivity index (χ1n) is 5.96. The molecule has 1 nitrogen and oxygen atoms in total. The fourth-order valence-corrected chi connectivity index (χ4v) is 4.46. The van der Waals surface area contributed by atoms with E-state index in [4.69, 9.17) is 0 Å². The summed E-state index contributed by atoms with van der Waals surface area (Å²) in [4.78, 5) is 16.0. The summed E-state index contributed by atoms with van der Waals surface area (Å²) in [6, 6.07) is 3.88. The van der Waals surface area contributed by atoms with Crippen molar-refractivity contribution in [2.24, 2.45) is 0 Å². The summed E-state index contributed by atoms with van der Waals surface area (Å²) in [6.45, 7) is 2.09. The van der Waals surface area contributed by atoms with Gasteiger partial charge in [-0.15, -0.1) is 22.7 Å². The van der Waals surface area contributed by atoms with Gasteiger partial charge in [0.25, 0.3) is 0 Å². The quantitative estimate of drug-likeness (QED) is 0.740. The van der Waals surface area contributed by atoms with Crippen LogP contribution in [0.4, 0.5) is 0 Å². The van der Waals surface area contributed by atoms with E-state index >= 15 is 0 Å². The van der Waals surface area contributed by atoms with E-state index in [1.165, 1.54) is 34.6 Å². The van der Waals surface area contributed by atoms with Gasteiger partial charge in [0, 0.05) is 15.3 Å². The SMILES string of the molecule is Cc1sc2c(c1C(=O)c1cccs1)CCCC2. The number of carbonyl (C=O) groups excluding carboxylic acids is 1. The predicted octanol–water partition coefficient (Wildman–Crippen LogP) is 4.23. The lowest BCUT2D eigenvalue weighted by molar-refractivity contribution is 0.104. The number of rotatable bonds is 2. The van der Waals surface area contributed by atoms with Crippen LogP contribution in [0.2, 0.25) is 0 Å². The third kappa shape index (κ3) is 1.87. The molecule has 0 saturated heterocycles. The average molecular weight is 262 g/mol. The van der Waals surface area contributed by atoms with Gasteiger partial charge in [0.1, 0.15) is 0 Å². The first kappa shape index (κ1) is 11.2. The third-order valence-corrected chi connectivity index (χ3v) is 5.40. The monoisotopic (exact) mass is 262 g/mol. The van der Waals surface area contributed by atoms with Crippen molar-refractivity contribution in [2.75, 3.05) is 0 Å². The van der Waals surface area contributed by atoms with E-state index in [2.05, 4.69) is 6.92 Å². The Bertz CT molecular complexity index is 549. The summed E-state index contributed by atoms with van der Waals surface area (Å²) < 4.78 is 0. The minimum absolute atomic E-state index is 0.233. The molecule has 0 unspecified atom stereocenters. The van der Waals surface area contributed by atoms with Gasteiger partial charge in [-0.1, -0.05) is 6.07 Å². The van der Waals surface area contributed by atoms with Crippen LogP contribution in [0, 0.1) is 6.92 Å². The lowest BCUT2D eigenvalue weighted by Crippen LogP contribution is -2.07. The molecule has 0 amide bonds. The van der Waals surface area contributed by atoms with Gasteiger partial charge in [-0.3, -0.25) is 4.79 Å². The van der Waals surface area contributed by atoms with E-state index in [-0.39, 0.29) is 5.78 Å². The molecule has 0 atom stereocenters. The maximum atomic E-state index is 12.5. The van der Waals surface area contributed by atoms with E-state index in [1.807, 2.05) is 28.8 Å². The summed E-state index contributed by atoms with van der Waals surface area (Å²) in [5, 5.41) is 1.97. The van der Waals surface area contributed by atoms with Gasteiger partial charge in [-0.25, -0.2) is 0 Å². The molecule has 2 aromatic heterocycles. The van der Waals surface area contributed by atoms with Crippen molar-refractivity contribution < 1.29 is 4.79 Å². The second-order valence-electron chi connectivity index (χ2n) is 4.45. The number of carbonyl (C=O) groups is 1. The molecule has 2 aromatic rings. The first-order valence-corrected chi connectivity index (χ1v) is 7.66. The van der Waals surface area contributed by atoms with Gasteiger partial charge < -0.3 is 0 Å². The van der Waals surface area contributed by atoms with E-state index < -0.39 is 0 Å². The molecule has 17 heavy (non-hydrogen) atoms. The Hall–Kier alpha value is -0.930. The largest absolute Gasteiger partial charge is 0.288 e. The number of thiophene rings is 2. The lowest BCUT2D eigenvalue weighted by atomic mass is 9.93. The van der Waals surface area contributed by atoms with E-state index in [0.717, 1.165) is 16.9 Å². The number of aryl methyl sites for hydroxylation is 2. The molecule has 0 spiro atoms. The number of hydrogen-bond donors (Lipinski definition) is 0. The van der Waals surface area contributed by atoms with E-state index in [9.17, 15) is 4.79 Å². The van der Waals surface area contributed by atoms with Crippen LogP contribution in [0.1, 0.15) is 43.4 Å². The van der Waals surface area contributed by atoms with Crippen molar-refractivity contribution in [3.05, 3.63) is 43.3 Å². The topological polar surface area (TPSA) is 17.1 Å². The second-order valence-corrected chi connectivity index (χ2v) is 6.71. The smallest absolute Gasteiger partial charge is 0.204 e. The van der Waals surface area contributed by atoms with Crippen LogP contribution in [0.3, 0.4) is 0 Å². The fraction of sp³-hybridized carbons (Fsp3) is 0.357. The highest BCUT2D eigenvalue weighted by atomic mass is 32.1. The Morgan fingerprint density at radius 3 is 2.88 bits per heavy atom. The molecular weight excluding hydrogens is 248 g/mol. The molecule has 0 N–H and O–H groups in total. The van der Waals surface area contributed by atoms with E-state index in [1.54, 1.807) is 11.3 Å². The van der Waals surface area contributed by atoms with Gasteiger partial charge in [0.15, 0.2) is 0 Å². The highest BCUT2D eigenvalue weighted by molar-refractivity contribution is 7.13. The zero-order valence-corrected chi connectivity index (χ0v) is 11.4. The fourth-order valence-electron chi connectivity index (χ4n) is 2.53. The van der Waals surface area contributed by atoms with Crippen LogP contribution in [-0.4, -0.2) is 5.78 Å². The molecule has 0 bridgehead atoms. The third-order valence-electron chi connectivity index (χ3n) is 3.32. The minimum Gasteiger partial charge on any atom is -0.288 e. The number of hydrogen-bond acceptors (Lipinski definition) is 3. The van der Waals surface area contributed by atoms with Gasteiger partial charge in [0.2, 0.25) is 5.78 Å². The predicted molar refractivity (Wildman–Crippen MR) is 73.4 cm³/mol. The molecule has 1 aliphatic carbocycles. The number of fused-ring (bicyclic) bond motifs is 1. The summed E-state index contributed by atoms with van der Waals surface area (Å²) in [5.41, 5.74) is 2.35. The van der Waals surface area contributed by atoms with Crippen LogP contribution >= 0.6 is 22.7 Å². The molecule has 88 valence electrons. The molecule has 0 saturated carbocycles. The molecule has 2 heterocycles. The molecule has 0 fully saturated rings. The summed E-state index contributed by atoms with van der Waals surface area (Å²) in [7, 11) is 0. The molecule has 3 rings (SSSR count). The Morgan fingerprint density at radius 2 is 2.12 bits per heavy atom. The normalized spacial score (nSPS) is 14.6. The Balaban J connectivity index is 2.08. The average Bonchev–Trinajstić information content (AvgIpc) is 2.94.